The highest BCUT2D eigenvalue weighted by Gasteiger charge is 2.20. The number of carbonyl (C=O) groups excluding carboxylic acids is 1. The van der Waals surface area contributed by atoms with E-state index in [1.165, 1.54) is 17.5 Å². The van der Waals surface area contributed by atoms with Gasteiger partial charge in [0.25, 0.3) is 0 Å². The van der Waals surface area contributed by atoms with E-state index in [-0.39, 0.29) is 5.91 Å². The van der Waals surface area contributed by atoms with E-state index in [0.29, 0.717) is 12.3 Å². The molecule has 0 bridgehead atoms. The Morgan fingerprint density at radius 1 is 1.43 bits per heavy atom. The van der Waals surface area contributed by atoms with Crippen LogP contribution in [-0.2, 0) is 11.2 Å². The molecule has 0 saturated carbocycles. The van der Waals surface area contributed by atoms with Gasteiger partial charge in [-0.3, -0.25) is 4.79 Å². The second kappa shape index (κ2) is 3.82. The third-order valence-electron chi connectivity index (χ3n) is 2.94. The van der Waals surface area contributed by atoms with Crippen LogP contribution in [0.2, 0.25) is 0 Å². The van der Waals surface area contributed by atoms with Gasteiger partial charge in [0.15, 0.2) is 0 Å². The number of amides is 1. The van der Waals surface area contributed by atoms with Crippen molar-refractivity contribution in [3.63, 3.8) is 0 Å². The van der Waals surface area contributed by atoms with E-state index in [0.717, 1.165) is 12.8 Å². The highest BCUT2D eigenvalue weighted by Crippen LogP contribution is 2.33. The molecule has 2 N–H and O–H groups in total. The summed E-state index contributed by atoms with van der Waals surface area (Å²) < 4.78 is 0. The van der Waals surface area contributed by atoms with Crippen molar-refractivity contribution in [2.24, 2.45) is 5.73 Å². The molecule has 0 heterocycles. The van der Waals surface area contributed by atoms with Gasteiger partial charge in [-0.25, -0.2) is 0 Å². The van der Waals surface area contributed by atoms with Crippen molar-refractivity contribution in [1.29, 1.82) is 0 Å². The molecule has 0 unspecified atom stereocenters. The van der Waals surface area contributed by atoms with E-state index in [1.54, 1.807) is 0 Å². The van der Waals surface area contributed by atoms with E-state index in [1.807, 2.05) is 6.07 Å². The van der Waals surface area contributed by atoms with Crippen LogP contribution in [0, 0.1) is 0 Å². The smallest absolute Gasteiger partial charge is 0.218 e. The largest absolute Gasteiger partial charge is 0.370 e. The predicted octanol–water partition coefficient (Wildman–Crippen LogP) is 1.98. The maximum Gasteiger partial charge on any atom is 0.218 e. The molecule has 2 rings (SSSR count). The van der Waals surface area contributed by atoms with Gasteiger partial charge in [-0.1, -0.05) is 24.3 Å². The van der Waals surface area contributed by atoms with Crippen molar-refractivity contribution < 1.29 is 4.79 Å². The first-order valence-electron chi connectivity index (χ1n) is 5.13. The van der Waals surface area contributed by atoms with Crippen LogP contribution in [0.4, 0.5) is 0 Å². The van der Waals surface area contributed by atoms with Crippen LogP contribution in [-0.4, -0.2) is 5.91 Å². The SMILES string of the molecule is NC(=O)C[C@H]1CCCc2ccccc21. The normalized spacial score (nSPS) is 20.1. The number of carbonyl (C=O) groups is 1. The number of hydrogen-bond donors (Lipinski definition) is 1. The lowest BCUT2D eigenvalue weighted by atomic mass is 9.81. The zero-order chi connectivity index (χ0) is 9.97. The number of primary amides is 1. The van der Waals surface area contributed by atoms with Crippen LogP contribution < -0.4 is 5.73 Å². The summed E-state index contributed by atoms with van der Waals surface area (Å²) in [5, 5.41) is 0. The number of hydrogen-bond acceptors (Lipinski definition) is 1. The minimum absolute atomic E-state index is 0.188. The molecule has 1 atom stereocenters. The second-order valence-corrected chi connectivity index (χ2v) is 3.96. The molecule has 0 aliphatic heterocycles. The van der Waals surface area contributed by atoms with Gasteiger partial charge in [-0.2, -0.15) is 0 Å². The summed E-state index contributed by atoms with van der Waals surface area (Å²) in [5.74, 6) is 0.171. The summed E-state index contributed by atoms with van der Waals surface area (Å²) in [7, 11) is 0. The van der Waals surface area contributed by atoms with E-state index < -0.39 is 0 Å². The van der Waals surface area contributed by atoms with E-state index in [2.05, 4.69) is 18.2 Å². The molecule has 2 heteroatoms. The van der Waals surface area contributed by atoms with E-state index in [4.69, 9.17) is 5.73 Å². The van der Waals surface area contributed by atoms with Crippen LogP contribution in [0.25, 0.3) is 0 Å². The zero-order valence-corrected chi connectivity index (χ0v) is 8.20. The Hall–Kier alpha value is -1.31. The molecule has 1 aromatic carbocycles. The van der Waals surface area contributed by atoms with Gasteiger partial charge in [0.05, 0.1) is 0 Å². The molecular weight excluding hydrogens is 174 g/mol. The predicted molar refractivity (Wildman–Crippen MR) is 55.9 cm³/mol. The zero-order valence-electron chi connectivity index (χ0n) is 8.20. The van der Waals surface area contributed by atoms with Crippen molar-refractivity contribution in [3.8, 4) is 0 Å². The van der Waals surface area contributed by atoms with Gasteiger partial charge in [0.2, 0.25) is 5.91 Å². The van der Waals surface area contributed by atoms with Crippen molar-refractivity contribution in [2.75, 3.05) is 0 Å². The highest BCUT2D eigenvalue weighted by atomic mass is 16.1. The second-order valence-electron chi connectivity index (χ2n) is 3.96. The van der Waals surface area contributed by atoms with E-state index >= 15 is 0 Å². The Balaban J connectivity index is 2.26. The number of benzene rings is 1. The summed E-state index contributed by atoms with van der Waals surface area (Å²) in [6, 6.07) is 8.38. The van der Waals surface area contributed by atoms with Crippen LogP contribution in [0.15, 0.2) is 24.3 Å². The highest BCUT2D eigenvalue weighted by molar-refractivity contribution is 5.74. The Morgan fingerprint density at radius 2 is 2.21 bits per heavy atom. The van der Waals surface area contributed by atoms with Crippen LogP contribution in [0.3, 0.4) is 0 Å². The van der Waals surface area contributed by atoms with Gasteiger partial charge >= 0.3 is 0 Å². The summed E-state index contributed by atoms with van der Waals surface area (Å²) >= 11 is 0. The average molecular weight is 189 g/mol. The molecule has 1 amide bonds. The van der Waals surface area contributed by atoms with Gasteiger partial charge in [0.1, 0.15) is 0 Å². The molecule has 2 nitrogen and oxygen atoms in total. The molecule has 74 valence electrons. The molecule has 14 heavy (non-hydrogen) atoms. The molecule has 1 aliphatic carbocycles. The van der Waals surface area contributed by atoms with Gasteiger partial charge in [-0.05, 0) is 36.3 Å². The molecule has 0 fully saturated rings. The topological polar surface area (TPSA) is 43.1 Å². The lowest BCUT2D eigenvalue weighted by molar-refractivity contribution is -0.118. The lowest BCUT2D eigenvalue weighted by Crippen LogP contribution is -2.18. The van der Waals surface area contributed by atoms with Crippen LogP contribution >= 0.6 is 0 Å². The third kappa shape index (κ3) is 1.79. The van der Waals surface area contributed by atoms with Gasteiger partial charge in [-0.15, -0.1) is 0 Å². The fraction of sp³-hybridized carbons (Fsp3) is 0.417. The van der Waals surface area contributed by atoms with Gasteiger partial charge < -0.3 is 5.73 Å². The Morgan fingerprint density at radius 3 is 3.00 bits per heavy atom. The Kier molecular flexibility index (Phi) is 2.53. The lowest BCUT2D eigenvalue weighted by Gasteiger charge is -2.24. The first-order chi connectivity index (χ1) is 6.77. The summed E-state index contributed by atoms with van der Waals surface area (Å²) in [6.07, 6.45) is 3.91. The molecule has 1 aromatic rings. The first kappa shape index (κ1) is 9.25. The number of fused-ring (bicyclic) bond motifs is 1. The molecule has 0 aromatic heterocycles. The van der Waals surface area contributed by atoms with Crippen molar-refractivity contribution in [2.45, 2.75) is 31.6 Å². The number of aryl methyl sites for hydroxylation is 1. The fourth-order valence-corrected chi connectivity index (χ4v) is 2.31. The fourth-order valence-electron chi connectivity index (χ4n) is 2.31. The summed E-state index contributed by atoms with van der Waals surface area (Å²) in [6.45, 7) is 0. The van der Waals surface area contributed by atoms with Crippen LogP contribution in [0.5, 0.6) is 0 Å². The third-order valence-corrected chi connectivity index (χ3v) is 2.94. The first-order valence-corrected chi connectivity index (χ1v) is 5.13. The minimum atomic E-state index is -0.188. The van der Waals surface area contributed by atoms with E-state index in [9.17, 15) is 4.79 Å². The molecular formula is C12H15NO. The maximum atomic E-state index is 10.9. The molecule has 0 saturated heterocycles. The maximum absolute atomic E-state index is 10.9. The standard InChI is InChI=1S/C12H15NO/c13-12(14)8-10-6-3-5-9-4-1-2-7-11(9)10/h1-2,4,7,10H,3,5-6,8H2,(H2,13,14)/t10-/m1/s1. The molecule has 0 spiro atoms. The van der Waals surface area contributed by atoms with Gasteiger partial charge in [0, 0.05) is 6.42 Å². The number of nitrogens with two attached hydrogens (primary N) is 1. The Labute approximate surface area is 84.1 Å². The quantitative estimate of drug-likeness (QED) is 0.759. The summed E-state index contributed by atoms with van der Waals surface area (Å²) in [5.41, 5.74) is 7.97. The Bertz CT molecular complexity index is 346. The van der Waals surface area contributed by atoms with Crippen molar-refractivity contribution >= 4 is 5.91 Å². The minimum Gasteiger partial charge on any atom is -0.370 e. The average Bonchev–Trinajstić information content (AvgIpc) is 2.18. The molecule has 1 aliphatic rings. The van der Waals surface area contributed by atoms with Crippen LogP contribution in [0.1, 0.15) is 36.3 Å². The van der Waals surface area contributed by atoms with Crippen molar-refractivity contribution in [1.82, 2.24) is 0 Å². The summed E-state index contributed by atoms with van der Waals surface area (Å²) in [4.78, 5) is 10.9. The molecule has 0 radical (unpaired) electrons. The van der Waals surface area contributed by atoms with Crippen molar-refractivity contribution in [3.05, 3.63) is 35.4 Å². The number of rotatable bonds is 2. The monoisotopic (exact) mass is 189 g/mol.